The van der Waals surface area contributed by atoms with E-state index in [4.69, 9.17) is 15.2 Å². The van der Waals surface area contributed by atoms with Crippen molar-refractivity contribution in [1.29, 1.82) is 0 Å². The van der Waals surface area contributed by atoms with Crippen LogP contribution in [0.5, 0.6) is 11.5 Å². The summed E-state index contributed by atoms with van der Waals surface area (Å²) in [5.41, 5.74) is 8.41. The van der Waals surface area contributed by atoms with Gasteiger partial charge in [-0.15, -0.1) is 0 Å². The maximum Gasteiger partial charge on any atom is 0.231 e. The van der Waals surface area contributed by atoms with Gasteiger partial charge in [-0.2, -0.15) is 0 Å². The Morgan fingerprint density at radius 3 is 2.70 bits per heavy atom. The minimum Gasteiger partial charge on any atom is -0.454 e. The number of halogens is 1. The minimum atomic E-state index is 0.267. The van der Waals surface area contributed by atoms with Gasteiger partial charge >= 0.3 is 0 Å². The van der Waals surface area contributed by atoms with Gasteiger partial charge in [-0.1, -0.05) is 40.2 Å². The fourth-order valence-electron chi connectivity index (χ4n) is 2.43. The Bertz CT molecular complexity index is 615. The molecule has 0 amide bonds. The summed E-state index contributed by atoms with van der Waals surface area (Å²) in [6.45, 7) is 0.900. The third-order valence-corrected chi connectivity index (χ3v) is 4.35. The molecule has 0 aromatic heterocycles. The van der Waals surface area contributed by atoms with Crippen molar-refractivity contribution in [3.63, 3.8) is 0 Å². The fourth-order valence-corrected chi connectivity index (χ4v) is 2.88. The number of ether oxygens (including phenoxy) is 2. The highest BCUT2D eigenvalue weighted by atomic mass is 79.9. The molecule has 0 spiro atoms. The molecule has 3 rings (SSSR count). The summed E-state index contributed by atoms with van der Waals surface area (Å²) in [4.78, 5) is 0. The van der Waals surface area contributed by atoms with E-state index >= 15 is 0 Å². The molecule has 1 atom stereocenters. The average Bonchev–Trinajstić information content (AvgIpc) is 2.94. The summed E-state index contributed by atoms with van der Waals surface area (Å²) >= 11 is 3.59. The normalized spacial score (nSPS) is 14.3. The quantitative estimate of drug-likeness (QED) is 0.931. The highest BCUT2D eigenvalue weighted by Gasteiger charge is 2.18. The van der Waals surface area contributed by atoms with Gasteiger partial charge in [0.15, 0.2) is 11.5 Å². The van der Waals surface area contributed by atoms with E-state index in [1.807, 2.05) is 24.3 Å². The predicted octanol–water partition coefficient (Wildman–Crippen LogP) is 3.46. The van der Waals surface area contributed by atoms with Crippen LogP contribution in [0.3, 0.4) is 0 Å². The molecule has 0 saturated heterocycles. The zero-order chi connectivity index (χ0) is 13.9. The molecule has 3 nitrogen and oxygen atoms in total. The van der Waals surface area contributed by atoms with Crippen molar-refractivity contribution >= 4 is 15.9 Å². The van der Waals surface area contributed by atoms with E-state index in [1.165, 1.54) is 11.1 Å². The smallest absolute Gasteiger partial charge is 0.231 e. The molecule has 1 aliphatic heterocycles. The molecule has 1 unspecified atom stereocenters. The Balaban J connectivity index is 1.85. The first-order valence-corrected chi connectivity index (χ1v) is 7.40. The van der Waals surface area contributed by atoms with Crippen LogP contribution in [0.2, 0.25) is 0 Å². The third-order valence-electron chi connectivity index (χ3n) is 3.58. The Morgan fingerprint density at radius 2 is 1.90 bits per heavy atom. The van der Waals surface area contributed by atoms with E-state index in [-0.39, 0.29) is 5.92 Å². The Labute approximate surface area is 126 Å². The second kappa shape index (κ2) is 5.85. The van der Waals surface area contributed by atoms with Crippen LogP contribution in [0.4, 0.5) is 0 Å². The Kier molecular flexibility index (Phi) is 3.94. The molecular formula is C16H16BrNO2. The maximum atomic E-state index is 5.96. The molecule has 20 heavy (non-hydrogen) atoms. The second-order valence-electron chi connectivity index (χ2n) is 4.84. The number of fused-ring (bicyclic) bond motifs is 1. The number of rotatable bonds is 4. The van der Waals surface area contributed by atoms with Crippen LogP contribution in [-0.4, -0.2) is 13.3 Å². The lowest BCUT2D eigenvalue weighted by atomic mass is 9.92. The van der Waals surface area contributed by atoms with Gasteiger partial charge in [-0.3, -0.25) is 0 Å². The van der Waals surface area contributed by atoms with E-state index in [0.717, 1.165) is 22.4 Å². The second-order valence-corrected chi connectivity index (χ2v) is 5.70. The number of benzene rings is 2. The van der Waals surface area contributed by atoms with Gasteiger partial charge in [0.2, 0.25) is 6.79 Å². The molecule has 2 N–H and O–H groups in total. The number of hydrogen-bond donors (Lipinski definition) is 1. The van der Waals surface area contributed by atoms with Crippen LogP contribution >= 0.6 is 15.9 Å². The summed E-state index contributed by atoms with van der Waals surface area (Å²) in [7, 11) is 0. The molecule has 0 radical (unpaired) electrons. The number of hydrogen-bond acceptors (Lipinski definition) is 3. The summed E-state index contributed by atoms with van der Waals surface area (Å²) in [6.07, 6.45) is 0.900. The molecule has 2 aromatic carbocycles. The third kappa shape index (κ3) is 2.67. The minimum absolute atomic E-state index is 0.267. The molecule has 0 bridgehead atoms. The SMILES string of the molecule is NCC(Cc1ccccc1Br)c1ccc2c(c1)OCO2. The first-order valence-electron chi connectivity index (χ1n) is 6.61. The van der Waals surface area contributed by atoms with Crippen LogP contribution in [0.25, 0.3) is 0 Å². The van der Waals surface area contributed by atoms with E-state index in [0.29, 0.717) is 13.3 Å². The highest BCUT2D eigenvalue weighted by molar-refractivity contribution is 9.10. The molecule has 4 heteroatoms. The molecular weight excluding hydrogens is 318 g/mol. The summed E-state index contributed by atoms with van der Waals surface area (Å²) in [6, 6.07) is 14.3. The van der Waals surface area contributed by atoms with Gasteiger partial charge < -0.3 is 15.2 Å². The monoisotopic (exact) mass is 333 g/mol. The lowest BCUT2D eigenvalue weighted by molar-refractivity contribution is 0.174. The average molecular weight is 334 g/mol. The van der Waals surface area contributed by atoms with Crippen molar-refractivity contribution < 1.29 is 9.47 Å². The zero-order valence-electron chi connectivity index (χ0n) is 11.0. The van der Waals surface area contributed by atoms with Gasteiger partial charge in [-0.05, 0) is 42.3 Å². The largest absolute Gasteiger partial charge is 0.454 e. The van der Waals surface area contributed by atoms with E-state index < -0.39 is 0 Å². The van der Waals surface area contributed by atoms with Gasteiger partial charge in [0, 0.05) is 10.4 Å². The van der Waals surface area contributed by atoms with Crippen LogP contribution in [0.1, 0.15) is 17.0 Å². The lowest BCUT2D eigenvalue weighted by Crippen LogP contribution is -2.15. The van der Waals surface area contributed by atoms with Crippen molar-refractivity contribution in [2.75, 3.05) is 13.3 Å². The van der Waals surface area contributed by atoms with Crippen LogP contribution in [-0.2, 0) is 6.42 Å². The standard InChI is InChI=1S/C16H16BrNO2/c17-14-4-2-1-3-12(14)7-13(9-18)11-5-6-15-16(8-11)20-10-19-15/h1-6,8,13H,7,9-10,18H2. The van der Waals surface area contributed by atoms with Crippen molar-refractivity contribution in [2.24, 2.45) is 5.73 Å². The topological polar surface area (TPSA) is 44.5 Å². The lowest BCUT2D eigenvalue weighted by Gasteiger charge is -2.16. The van der Waals surface area contributed by atoms with Crippen LogP contribution in [0, 0.1) is 0 Å². The molecule has 0 aliphatic carbocycles. The molecule has 104 valence electrons. The zero-order valence-corrected chi connectivity index (χ0v) is 12.6. The van der Waals surface area contributed by atoms with Gasteiger partial charge in [0.05, 0.1) is 0 Å². The summed E-state index contributed by atoms with van der Waals surface area (Å²) in [5.74, 6) is 1.89. The number of nitrogens with two attached hydrogens (primary N) is 1. The molecule has 1 aliphatic rings. The van der Waals surface area contributed by atoms with E-state index in [2.05, 4.69) is 34.1 Å². The van der Waals surface area contributed by atoms with Crippen molar-refractivity contribution in [3.8, 4) is 11.5 Å². The van der Waals surface area contributed by atoms with Gasteiger partial charge in [0.1, 0.15) is 0 Å². The Morgan fingerprint density at radius 1 is 1.10 bits per heavy atom. The molecule has 0 saturated carbocycles. The first-order chi connectivity index (χ1) is 9.78. The summed E-state index contributed by atoms with van der Waals surface area (Å²) < 4.78 is 11.9. The van der Waals surface area contributed by atoms with Crippen LogP contribution < -0.4 is 15.2 Å². The Hall–Kier alpha value is -1.52. The van der Waals surface area contributed by atoms with Crippen LogP contribution in [0.15, 0.2) is 46.9 Å². The fraction of sp³-hybridized carbons (Fsp3) is 0.250. The highest BCUT2D eigenvalue weighted by Crippen LogP contribution is 2.35. The molecule has 1 heterocycles. The van der Waals surface area contributed by atoms with Crippen molar-refractivity contribution in [1.82, 2.24) is 0 Å². The van der Waals surface area contributed by atoms with E-state index in [9.17, 15) is 0 Å². The van der Waals surface area contributed by atoms with E-state index in [1.54, 1.807) is 0 Å². The summed E-state index contributed by atoms with van der Waals surface area (Å²) in [5, 5.41) is 0. The molecule has 2 aromatic rings. The molecule has 0 fully saturated rings. The predicted molar refractivity (Wildman–Crippen MR) is 82.2 cm³/mol. The van der Waals surface area contributed by atoms with Crippen molar-refractivity contribution in [2.45, 2.75) is 12.3 Å². The van der Waals surface area contributed by atoms with Gasteiger partial charge in [-0.25, -0.2) is 0 Å². The van der Waals surface area contributed by atoms with Crippen molar-refractivity contribution in [3.05, 3.63) is 58.1 Å². The first kappa shape index (κ1) is 13.5. The maximum absolute atomic E-state index is 5.96. The van der Waals surface area contributed by atoms with Gasteiger partial charge in [0.25, 0.3) is 0 Å².